The molecule has 5 N–H and O–H groups in total. The van der Waals surface area contributed by atoms with Crippen LogP contribution in [0, 0.1) is 0 Å². The first kappa shape index (κ1) is 11.4. The summed E-state index contributed by atoms with van der Waals surface area (Å²) < 4.78 is 0. The second kappa shape index (κ2) is 5.09. The average molecular weight is 190 g/mol. The molecular weight excluding hydrogens is 180 g/mol. The molecule has 0 bridgehead atoms. The van der Waals surface area contributed by atoms with Gasteiger partial charge in [-0.2, -0.15) is 0 Å². The van der Waals surface area contributed by atoms with Crippen LogP contribution in [0.25, 0.3) is 0 Å². The van der Waals surface area contributed by atoms with E-state index in [-0.39, 0.29) is 0 Å². The smallest absolute Gasteiger partial charge is 0.322 e. The Hall–Kier alpha value is -1.63. The fourth-order valence-electron chi connectivity index (χ4n) is 0.575. The third-order valence-electron chi connectivity index (χ3n) is 1.15. The largest absolute Gasteiger partial charge is 0.481 e. The maximum Gasteiger partial charge on any atom is 0.322 e. The van der Waals surface area contributed by atoms with Crippen molar-refractivity contribution in [1.29, 1.82) is 0 Å². The highest BCUT2D eigenvalue weighted by Crippen LogP contribution is 1.87. The molecule has 0 aromatic rings. The van der Waals surface area contributed by atoms with E-state index in [4.69, 9.17) is 15.9 Å². The van der Waals surface area contributed by atoms with E-state index >= 15 is 0 Å². The van der Waals surface area contributed by atoms with Crippen LogP contribution >= 0.6 is 0 Å². The maximum atomic E-state index is 10.8. The fraction of sp³-hybridized carbons (Fsp3) is 0.500. The van der Waals surface area contributed by atoms with Crippen molar-refractivity contribution >= 4 is 17.8 Å². The van der Waals surface area contributed by atoms with Crippen molar-refractivity contribution in [2.75, 3.05) is 6.54 Å². The SMILES string of the molecule is N[C@H](CC(=O)O)C(=O)NCC(=O)O. The van der Waals surface area contributed by atoms with Gasteiger partial charge in [0, 0.05) is 0 Å². The summed E-state index contributed by atoms with van der Waals surface area (Å²) in [6, 6.07) is -1.21. The van der Waals surface area contributed by atoms with Gasteiger partial charge in [-0.25, -0.2) is 0 Å². The number of aliphatic carboxylic acids is 2. The topological polar surface area (TPSA) is 130 Å². The van der Waals surface area contributed by atoms with Crippen molar-refractivity contribution in [3.05, 3.63) is 0 Å². The first-order chi connectivity index (χ1) is 5.93. The molecule has 0 aliphatic heterocycles. The minimum atomic E-state index is -1.21. The molecule has 0 unspecified atom stereocenters. The molecule has 0 heterocycles. The van der Waals surface area contributed by atoms with Crippen molar-refractivity contribution in [3.63, 3.8) is 0 Å². The van der Waals surface area contributed by atoms with Gasteiger partial charge in [-0.1, -0.05) is 0 Å². The van der Waals surface area contributed by atoms with Crippen molar-refractivity contribution in [3.8, 4) is 0 Å². The predicted octanol–water partition coefficient (Wildman–Crippen LogP) is -2.01. The Kier molecular flexibility index (Phi) is 4.45. The zero-order chi connectivity index (χ0) is 10.4. The molecule has 7 nitrogen and oxygen atoms in total. The number of nitrogens with two attached hydrogens (primary N) is 1. The Balaban J connectivity index is 3.82. The zero-order valence-corrected chi connectivity index (χ0v) is 6.69. The molecule has 74 valence electrons. The summed E-state index contributed by atoms with van der Waals surface area (Å²) in [5.41, 5.74) is 5.12. The lowest BCUT2D eigenvalue weighted by atomic mass is 10.2. The number of carboxylic acid groups (broad SMARTS) is 2. The van der Waals surface area contributed by atoms with Crippen molar-refractivity contribution in [2.45, 2.75) is 12.5 Å². The molecule has 0 aliphatic carbocycles. The normalized spacial score (nSPS) is 11.8. The summed E-state index contributed by atoms with van der Waals surface area (Å²) in [7, 11) is 0. The van der Waals surface area contributed by atoms with Crippen LogP contribution in [-0.4, -0.2) is 40.6 Å². The molecule has 0 rings (SSSR count). The zero-order valence-electron chi connectivity index (χ0n) is 6.69. The highest BCUT2D eigenvalue weighted by Gasteiger charge is 2.16. The van der Waals surface area contributed by atoms with Crippen LogP contribution in [0.4, 0.5) is 0 Å². The van der Waals surface area contributed by atoms with Gasteiger partial charge in [-0.3, -0.25) is 14.4 Å². The second-order valence-electron chi connectivity index (χ2n) is 2.32. The monoisotopic (exact) mass is 190 g/mol. The minimum Gasteiger partial charge on any atom is -0.481 e. The Labute approximate surface area is 73.5 Å². The van der Waals surface area contributed by atoms with E-state index in [1.165, 1.54) is 0 Å². The molecule has 13 heavy (non-hydrogen) atoms. The number of nitrogens with one attached hydrogen (secondary N) is 1. The molecule has 1 atom stereocenters. The van der Waals surface area contributed by atoms with E-state index in [1.54, 1.807) is 0 Å². The highest BCUT2D eigenvalue weighted by atomic mass is 16.4. The Bertz CT molecular complexity index is 227. The van der Waals surface area contributed by atoms with E-state index in [9.17, 15) is 14.4 Å². The van der Waals surface area contributed by atoms with E-state index < -0.39 is 36.9 Å². The van der Waals surface area contributed by atoms with Crippen molar-refractivity contribution in [1.82, 2.24) is 5.32 Å². The van der Waals surface area contributed by atoms with Crippen LogP contribution in [-0.2, 0) is 14.4 Å². The van der Waals surface area contributed by atoms with Crippen LogP contribution in [0.15, 0.2) is 0 Å². The minimum absolute atomic E-state index is 0.522. The third-order valence-corrected chi connectivity index (χ3v) is 1.15. The molecule has 0 radical (unpaired) electrons. The number of carbonyl (C=O) groups is 3. The van der Waals surface area contributed by atoms with Crippen molar-refractivity contribution in [2.24, 2.45) is 5.73 Å². The summed E-state index contributed by atoms with van der Waals surface area (Å²) >= 11 is 0. The Morgan fingerprint density at radius 3 is 2.15 bits per heavy atom. The van der Waals surface area contributed by atoms with Gasteiger partial charge in [0.2, 0.25) is 5.91 Å². The third kappa shape index (κ3) is 5.62. The first-order valence-electron chi connectivity index (χ1n) is 3.40. The van der Waals surface area contributed by atoms with Gasteiger partial charge < -0.3 is 21.3 Å². The Morgan fingerprint density at radius 2 is 1.77 bits per heavy atom. The van der Waals surface area contributed by atoms with E-state index in [0.717, 1.165) is 0 Å². The van der Waals surface area contributed by atoms with Gasteiger partial charge in [0.15, 0.2) is 0 Å². The molecular formula is C6H10N2O5. The molecule has 0 fully saturated rings. The highest BCUT2D eigenvalue weighted by molar-refractivity contribution is 5.88. The quantitative estimate of drug-likeness (QED) is 0.396. The lowest BCUT2D eigenvalue weighted by Gasteiger charge is -2.07. The lowest BCUT2D eigenvalue weighted by Crippen LogP contribution is -2.43. The maximum absolute atomic E-state index is 10.8. The molecule has 0 spiro atoms. The molecule has 1 amide bonds. The van der Waals surface area contributed by atoms with E-state index in [2.05, 4.69) is 0 Å². The lowest BCUT2D eigenvalue weighted by molar-refractivity contribution is -0.140. The number of amides is 1. The number of carboxylic acids is 2. The summed E-state index contributed by atoms with van der Waals surface area (Å²) in [5, 5.41) is 18.3. The van der Waals surface area contributed by atoms with Gasteiger partial charge in [0.25, 0.3) is 0 Å². The molecule has 0 aromatic carbocycles. The molecule has 0 saturated heterocycles. The van der Waals surface area contributed by atoms with Gasteiger partial charge >= 0.3 is 11.9 Å². The van der Waals surface area contributed by atoms with Gasteiger partial charge in [-0.15, -0.1) is 0 Å². The van der Waals surface area contributed by atoms with Crippen LogP contribution in [0.3, 0.4) is 0 Å². The molecule has 0 aliphatic rings. The van der Waals surface area contributed by atoms with Gasteiger partial charge in [0.1, 0.15) is 6.54 Å². The van der Waals surface area contributed by atoms with Crippen LogP contribution in [0.2, 0.25) is 0 Å². The Morgan fingerprint density at radius 1 is 1.23 bits per heavy atom. The number of hydrogen-bond acceptors (Lipinski definition) is 4. The fourth-order valence-corrected chi connectivity index (χ4v) is 0.575. The van der Waals surface area contributed by atoms with Crippen LogP contribution < -0.4 is 11.1 Å². The molecule has 7 heteroatoms. The molecule has 0 aromatic heterocycles. The number of hydrogen-bond donors (Lipinski definition) is 4. The standard InChI is InChI=1S/C6H10N2O5/c7-3(1-4(9)10)6(13)8-2-5(11)12/h3H,1-2,7H2,(H,8,13)(H,9,10)(H,11,12)/t3-/m1/s1. The van der Waals surface area contributed by atoms with Crippen LogP contribution in [0.5, 0.6) is 0 Å². The summed E-state index contributed by atoms with van der Waals surface area (Å²) in [6.07, 6.45) is -0.522. The second-order valence-corrected chi connectivity index (χ2v) is 2.32. The van der Waals surface area contributed by atoms with E-state index in [1.807, 2.05) is 5.32 Å². The predicted molar refractivity (Wildman–Crippen MR) is 40.9 cm³/mol. The summed E-state index contributed by atoms with van der Waals surface area (Å²) in [6.45, 7) is -0.563. The average Bonchev–Trinajstić information content (AvgIpc) is 1.98. The van der Waals surface area contributed by atoms with Gasteiger partial charge in [0.05, 0.1) is 12.5 Å². The van der Waals surface area contributed by atoms with Crippen LogP contribution in [0.1, 0.15) is 6.42 Å². The summed E-state index contributed by atoms with van der Waals surface area (Å²) in [4.78, 5) is 30.9. The number of rotatable bonds is 5. The van der Waals surface area contributed by atoms with E-state index in [0.29, 0.717) is 0 Å². The van der Waals surface area contributed by atoms with Gasteiger partial charge in [-0.05, 0) is 0 Å². The molecule has 0 saturated carbocycles. The number of carbonyl (C=O) groups excluding carboxylic acids is 1. The van der Waals surface area contributed by atoms with Crippen molar-refractivity contribution < 1.29 is 24.6 Å². The first-order valence-corrected chi connectivity index (χ1v) is 3.40. The summed E-state index contributed by atoms with van der Waals surface area (Å²) in [5.74, 6) is -3.21.